The highest BCUT2D eigenvalue weighted by Crippen LogP contribution is 2.45. The van der Waals surface area contributed by atoms with Gasteiger partial charge in [-0.3, -0.25) is 0 Å². The third kappa shape index (κ3) is 2.19. The molecule has 1 nitrogen and oxygen atoms in total. The van der Waals surface area contributed by atoms with E-state index < -0.39 is 0 Å². The summed E-state index contributed by atoms with van der Waals surface area (Å²) < 4.78 is 5.20. The van der Waals surface area contributed by atoms with Crippen molar-refractivity contribution in [2.45, 2.75) is 51.9 Å². The number of aryl methyl sites for hydroxylation is 2. The highest BCUT2D eigenvalue weighted by atomic mass is 16.3. The number of rotatable bonds is 3. The molecule has 1 aliphatic carbocycles. The first kappa shape index (κ1) is 13.5. The maximum atomic E-state index is 5.20. The van der Waals surface area contributed by atoms with Gasteiger partial charge in [-0.15, -0.1) is 0 Å². The Labute approximate surface area is 122 Å². The molecule has 0 saturated heterocycles. The number of benzene rings is 1. The zero-order chi connectivity index (χ0) is 14.2. The lowest BCUT2D eigenvalue weighted by molar-refractivity contribution is 0.258. The first-order valence-electron chi connectivity index (χ1n) is 7.71. The van der Waals surface area contributed by atoms with E-state index in [1.54, 1.807) is 17.4 Å². The first-order valence-corrected chi connectivity index (χ1v) is 7.71. The third-order valence-electron chi connectivity index (χ3n) is 5.45. The van der Waals surface area contributed by atoms with Crippen LogP contribution in [0.25, 0.3) is 0 Å². The second-order valence-corrected chi connectivity index (χ2v) is 6.59. The van der Waals surface area contributed by atoms with Gasteiger partial charge in [-0.1, -0.05) is 32.0 Å². The zero-order valence-corrected chi connectivity index (χ0v) is 12.8. The van der Waals surface area contributed by atoms with Gasteiger partial charge < -0.3 is 4.42 Å². The van der Waals surface area contributed by atoms with Gasteiger partial charge >= 0.3 is 0 Å². The fourth-order valence-electron chi connectivity index (χ4n) is 3.73. The van der Waals surface area contributed by atoms with Crippen molar-refractivity contribution >= 4 is 0 Å². The van der Waals surface area contributed by atoms with Gasteiger partial charge in [-0.05, 0) is 72.3 Å². The predicted octanol–water partition coefficient (Wildman–Crippen LogP) is 5.06. The van der Waals surface area contributed by atoms with Crippen molar-refractivity contribution in [3.05, 3.63) is 59.0 Å². The lowest BCUT2D eigenvalue weighted by Crippen LogP contribution is -2.36. The van der Waals surface area contributed by atoms with Crippen LogP contribution in [0.4, 0.5) is 0 Å². The van der Waals surface area contributed by atoms with Crippen LogP contribution in [0, 0.1) is 12.8 Å². The number of fused-ring (bicyclic) bond motifs is 1. The normalized spacial score (nSPS) is 25.4. The molecule has 0 saturated carbocycles. The van der Waals surface area contributed by atoms with Gasteiger partial charge in [0.15, 0.2) is 0 Å². The summed E-state index contributed by atoms with van der Waals surface area (Å²) >= 11 is 0. The molecule has 1 aromatic carbocycles. The summed E-state index contributed by atoms with van der Waals surface area (Å²) in [6, 6.07) is 8.93. The van der Waals surface area contributed by atoms with Crippen LogP contribution in [-0.4, -0.2) is 0 Å². The fourth-order valence-corrected chi connectivity index (χ4v) is 3.73. The van der Waals surface area contributed by atoms with Crippen LogP contribution < -0.4 is 0 Å². The van der Waals surface area contributed by atoms with Crippen LogP contribution in [0.15, 0.2) is 41.2 Å². The summed E-state index contributed by atoms with van der Waals surface area (Å²) in [6.07, 6.45) is 8.51. The van der Waals surface area contributed by atoms with Gasteiger partial charge in [-0.25, -0.2) is 0 Å². The predicted molar refractivity (Wildman–Crippen MR) is 83.0 cm³/mol. The molecule has 0 amide bonds. The lowest BCUT2D eigenvalue weighted by Gasteiger charge is -2.42. The van der Waals surface area contributed by atoms with Crippen molar-refractivity contribution in [3.8, 4) is 0 Å². The van der Waals surface area contributed by atoms with Crippen molar-refractivity contribution in [2.75, 3.05) is 0 Å². The number of hydrogen-bond donors (Lipinski definition) is 0. The maximum absolute atomic E-state index is 5.20. The second-order valence-electron chi connectivity index (χ2n) is 6.59. The Bertz CT molecular complexity index is 582. The first-order chi connectivity index (χ1) is 9.61. The van der Waals surface area contributed by atoms with E-state index in [0.717, 1.165) is 12.3 Å². The van der Waals surface area contributed by atoms with E-state index >= 15 is 0 Å². The van der Waals surface area contributed by atoms with Gasteiger partial charge in [-0.2, -0.15) is 0 Å². The van der Waals surface area contributed by atoms with Crippen LogP contribution in [0.1, 0.15) is 48.9 Å². The van der Waals surface area contributed by atoms with E-state index in [9.17, 15) is 0 Å². The molecule has 2 aromatic rings. The van der Waals surface area contributed by atoms with E-state index in [0.29, 0.717) is 0 Å². The zero-order valence-electron chi connectivity index (χ0n) is 12.8. The monoisotopic (exact) mass is 268 g/mol. The number of hydrogen-bond acceptors (Lipinski definition) is 1. The minimum atomic E-state index is 0.289. The van der Waals surface area contributed by atoms with Crippen LogP contribution in [0.2, 0.25) is 0 Å². The largest absolute Gasteiger partial charge is 0.472 e. The lowest BCUT2D eigenvalue weighted by atomic mass is 9.62. The standard InChI is InChI=1S/C19H24O/c1-14-5-4-6-18-17(14)8-7-15(2)19(18,3)11-9-16-10-12-20-13-16/h4-6,10,12-13,15H,7-9,11H2,1-3H3/t15-,19+/m1/s1. The third-order valence-corrected chi connectivity index (χ3v) is 5.45. The smallest absolute Gasteiger partial charge is 0.0934 e. The molecular weight excluding hydrogens is 244 g/mol. The summed E-state index contributed by atoms with van der Waals surface area (Å²) in [5.74, 6) is 0.740. The molecule has 0 spiro atoms. The van der Waals surface area contributed by atoms with Crippen LogP contribution in [0.5, 0.6) is 0 Å². The summed E-state index contributed by atoms with van der Waals surface area (Å²) in [5, 5.41) is 0. The average molecular weight is 268 g/mol. The van der Waals surface area contributed by atoms with Crippen molar-refractivity contribution < 1.29 is 4.42 Å². The Kier molecular flexibility index (Phi) is 3.45. The molecule has 1 heterocycles. The fraction of sp³-hybridized carbons (Fsp3) is 0.474. The van der Waals surface area contributed by atoms with Crippen molar-refractivity contribution in [2.24, 2.45) is 5.92 Å². The van der Waals surface area contributed by atoms with Crippen LogP contribution in [0.3, 0.4) is 0 Å². The summed E-state index contributed by atoms with van der Waals surface area (Å²) in [4.78, 5) is 0. The molecule has 0 unspecified atom stereocenters. The van der Waals surface area contributed by atoms with E-state index in [1.165, 1.54) is 30.4 Å². The average Bonchev–Trinajstić information content (AvgIpc) is 2.95. The van der Waals surface area contributed by atoms with E-state index in [1.807, 2.05) is 6.26 Å². The van der Waals surface area contributed by atoms with E-state index in [4.69, 9.17) is 4.42 Å². The Morgan fingerprint density at radius 2 is 2.15 bits per heavy atom. The van der Waals surface area contributed by atoms with E-state index in [-0.39, 0.29) is 5.41 Å². The molecule has 0 aliphatic heterocycles. The molecule has 0 bridgehead atoms. The molecule has 3 rings (SSSR count). The van der Waals surface area contributed by atoms with Gasteiger partial charge in [0.1, 0.15) is 0 Å². The topological polar surface area (TPSA) is 13.1 Å². The summed E-state index contributed by atoms with van der Waals surface area (Å²) in [6.45, 7) is 7.13. The molecule has 2 atom stereocenters. The highest BCUT2D eigenvalue weighted by Gasteiger charge is 2.37. The molecule has 20 heavy (non-hydrogen) atoms. The molecule has 1 aliphatic rings. The quantitative estimate of drug-likeness (QED) is 0.758. The van der Waals surface area contributed by atoms with Gasteiger partial charge in [0.05, 0.1) is 12.5 Å². The Morgan fingerprint density at radius 3 is 2.90 bits per heavy atom. The minimum absolute atomic E-state index is 0.289. The molecule has 0 radical (unpaired) electrons. The Morgan fingerprint density at radius 1 is 1.30 bits per heavy atom. The number of furan rings is 1. The summed E-state index contributed by atoms with van der Waals surface area (Å²) in [5.41, 5.74) is 6.25. The molecule has 0 N–H and O–H groups in total. The van der Waals surface area contributed by atoms with Gasteiger partial charge in [0.25, 0.3) is 0 Å². The van der Waals surface area contributed by atoms with Crippen molar-refractivity contribution in [3.63, 3.8) is 0 Å². The molecule has 0 fully saturated rings. The van der Waals surface area contributed by atoms with Gasteiger partial charge in [0.2, 0.25) is 0 Å². The molecule has 106 valence electrons. The van der Waals surface area contributed by atoms with Crippen molar-refractivity contribution in [1.29, 1.82) is 0 Å². The minimum Gasteiger partial charge on any atom is -0.472 e. The Hall–Kier alpha value is -1.50. The maximum Gasteiger partial charge on any atom is 0.0934 e. The molecular formula is C19H24O. The Balaban J connectivity index is 1.92. The van der Waals surface area contributed by atoms with Crippen LogP contribution in [-0.2, 0) is 18.3 Å². The van der Waals surface area contributed by atoms with Crippen molar-refractivity contribution in [1.82, 2.24) is 0 Å². The van der Waals surface area contributed by atoms with Gasteiger partial charge in [0, 0.05) is 0 Å². The SMILES string of the molecule is Cc1cccc2c1CC[C@@H](C)[C@]2(C)CCc1ccoc1. The summed E-state index contributed by atoms with van der Waals surface area (Å²) in [7, 11) is 0. The second kappa shape index (κ2) is 5.12. The molecule has 1 heteroatoms. The van der Waals surface area contributed by atoms with E-state index in [2.05, 4.69) is 45.0 Å². The highest BCUT2D eigenvalue weighted by molar-refractivity contribution is 5.42. The van der Waals surface area contributed by atoms with Crippen LogP contribution >= 0.6 is 0 Å². The molecule has 1 aromatic heterocycles.